The number of rotatable bonds is 4. The van der Waals surface area contributed by atoms with Gasteiger partial charge in [0.2, 0.25) is 0 Å². The molecule has 1 atom stereocenters. The zero-order chi connectivity index (χ0) is 20.0. The molecule has 1 aliphatic heterocycles. The minimum atomic E-state index is -0.668. The molecule has 7 nitrogen and oxygen atoms in total. The summed E-state index contributed by atoms with van der Waals surface area (Å²) in [4.78, 5) is 22.3. The molecule has 29 heavy (non-hydrogen) atoms. The predicted octanol–water partition coefficient (Wildman–Crippen LogP) is 2.77. The third kappa shape index (κ3) is 2.77. The Hall–Kier alpha value is -3.03. The number of fused-ring (bicyclic) bond motifs is 2. The molecule has 3 aromatic heterocycles. The topological polar surface area (TPSA) is 82.2 Å². The summed E-state index contributed by atoms with van der Waals surface area (Å²) >= 11 is 0. The molecule has 0 bridgehead atoms. The van der Waals surface area contributed by atoms with E-state index in [1.165, 1.54) is 0 Å². The predicted molar refractivity (Wildman–Crippen MR) is 110 cm³/mol. The Morgan fingerprint density at radius 2 is 2.07 bits per heavy atom. The molecular formula is C22H22N4O3. The number of aliphatic hydroxyl groups excluding tert-OH is 1. The van der Waals surface area contributed by atoms with Gasteiger partial charge in [-0.2, -0.15) is 0 Å². The lowest BCUT2D eigenvalue weighted by Crippen LogP contribution is -2.39. The molecule has 1 aromatic carbocycles. The van der Waals surface area contributed by atoms with Crippen molar-refractivity contribution in [1.29, 1.82) is 0 Å². The molecule has 5 rings (SSSR count). The van der Waals surface area contributed by atoms with Gasteiger partial charge in [0.15, 0.2) is 0 Å². The first-order valence-electron chi connectivity index (χ1n) is 9.78. The Morgan fingerprint density at radius 3 is 2.86 bits per heavy atom. The van der Waals surface area contributed by atoms with Crippen molar-refractivity contribution in [3.8, 4) is 0 Å². The Kier molecular flexibility index (Phi) is 4.22. The van der Waals surface area contributed by atoms with E-state index in [9.17, 15) is 9.90 Å². The standard InChI is InChI=1S/C22H22N4O3/c1-22(8-4-10-29-22)26-19-7-9-23-12-20(19)25(21(26)28)13-18-17(14-27)16-6-3-2-5-15(16)11-24-18/h2-3,5-7,9,11-12,27H,4,8,10,13-14H2,1H3/t22-/m1/s1. The van der Waals surface area contributed by atoms with Crippen LogP contribution in [0, 0.1) is 0 Å². The molecule has 0 aliphatic carbocycles. The van der Waals surface area contributed by atoms with E-state index in [1.807, 2.05) is 37.3 Å². The Bertz CT molecular complexity index is 1270. The smallest absolute Gasteiger partial charge is 0.331 e. The van der Waals surface area contributed by atoms with Crippen LogP contribution in [0.5, 0.6) is 0 Å². The van der Waals surface area contributed by atoms with Crippen LogP contribution in [0.4, 0.5) is 0 Å². The average molecular weight is 390 g/mol. The number of ether oxygens (including phenoxy) is 1. The molecule has 0 radical (unpaired) electrons. The van der Waals surface area contributed by atoms with Crippen LogP contribution in [0.25, 0.3) is 21.8 Å². The van der Waals surface area contributed by atoms with Crippen LogP contribution in [0.15, 0.2) is 53.7 Å². The van der Waals surface area contributed by atoms with E-state index in [4.69, 9.17) is 4.74 Å². The van der Waals surface area contributed by atoms with Crippen molar-refractivity contribution in [3.63, 3.8) is 0 Å². The van der Waals surface area contributed by atoms with E-state index in [0.717, 1.165) is 40.2 Å². The first-order chi connectivity index (χ1) is 14.1. The van der Waals surface area contributed by atoms with Crippen LogP contribution in [0.2, 0.25) is 0 Å². The largest absolute Gasteiger partial charge is 0.392 e. The fourth-order valence-corrected chi connectivity index (χ4v) is 4.38. The SMILES string of the molecule is C[C@]1(n2c(=O)n(Cc3ncc4ccccc4c3CO)c3cnccc32)CCCO1. The zero-order valence-corrected chi connectivity index (χ0v) is 16.2. The number of benzene rings is 1. The van der Waals surface area contributed by atoms with Gasteiger partial charge in [0.25, 0.3) is 0 Å². The van der Waals surface area contributed by atoms with Crippen LogP contribution in [0.1, 0.15) is 31.0 Å². The van der Waals surface area contributed by atoms with Crippen molar-refractivity contribution in [3.05, 3.63) is 70.7 Å². The summed E-state index contributed by atoms with van der Waals surface area (Å²) in [6.45, 7) is 2.71. The van der Waals surface area contributed by atoms with Crippen LogP contribution in [0.3, 0.4) is 0 Å². The number of nitrogens with zero attached hydrogens (tertiary/aromatic N) is 4. The number of aliphatic hydroxyl groups is 1. The molecule has 0 unspecified atom stereocenters. The second-order valence-corrected chi connectivity index (χ2v) is 7.62. The Balaban J connectivity index is 1.70. The summed E-state index contributed by atoms with van der Waals surface area (Å²) in [5.74, 6) is 0. The summed E-state index contributed by atoms with van der Waals surface area (Å²) < 4.78 is 9.36. The molecule has 0 amide bonds. The molecule has 0 saturated carbocycles. The van der Waals surface area contributed by atoms with Crippen LogP contribution in [-0.4, -0.2) is 30.8 Å². The third-order valence-corrected chi connectivity index (χ3v) is 5.86. The average Bonchev–Trinajstić information content (AvgIpc) is 3.30. The molecule has 1 aliphatic rings. The minimum absolute atomic E-state index is 0.143. The summed E-state index contributed by atoms with van der Waals surface area (Å²) in [6.07, 6.45) is 6.87. The van der Waals surface area contributed by atoms with E-state index >= 15 is 0 Å². The quantitative estimate of drug-likeness (QED) is 0.579. The van der Waals surface area contributed by atoms with Gasteiger partial charge in [-0.05, 0) is 31.2 Å². The highest BCUT2D eigenvalue weighted by Gasteiger charge is 2.35. The highest BCUT2D eigenvalue weighted by atomic mass is 16.5. The van der Waals surface area contributed by atoms with Gasteiger partial charge >= 0.3 is 5.69 Å². The lowest BCUT2D eigenvalue weighted by atomic mass is 10.0. The molecule has 0 spiro atoms. The monoisotopic (exact) mass is 390 g/mol. The van der Waals surface area contributed by atoms with E-state index < -0.39 is 5.72 Å². The summed E-state index contributed by atoms with van der Waals surface area (Å²) in [5, 5.41) is 11.9. The number of hydrogen-bond acceptors (Lipinski definition) is 5. The van der Waals surface area contributed by atoms with Gasteiger partial charge in [-0.3, -0.25) is 19.1 Å². The van der Waals surface area contributed by atoms with Gasteiger partial charge in [0.1, 0.15) is 5.72 Å². The maximum atomic E-state index is 13.5. The van der Waals surface area contributed by atoms with Crippen molar-refractivity contribution in [2.75, 3.05) is 6.61 Å². The van der Waals surface area contributed by atoms with Gasteiger partial charge in [-0.25, -0.2) is 4.79 Å². The lowest BCUT2D eigenvalue weighted by molar-refractivity contribution is -0.0455. The molecule has 1 fully saturated rings. The van der Waals surface area contributed by atoms with E-state index in [1.54, 1.807) is 27.7 Å². The van der Waals surface area contributed by atoms with Crippen molar-refractivity contribution in [1.82, 2.24) is 19.1 Å². The van der Waals surface area contributed by atoms with Gasteiger partial charge in [-0.1, -0.05) is 24.3 Å². The summed E-state index contributed by atoms with van der Waals surface area (Å²) in [7, 11) is 0. The highest BCUT2D eigenvalue weighted by molar-refractivity contribution is 5.85. The van der Waals surface area contributed by atoms with Gasteiger partial charge in [0.05, 0.1) is 36.1 Å². The molecule has 1 saturated heterocycles. The number of imidazole rings is 1. The van der Waals surface area contributed by atoms with Gasteiger partial charge in [-0.15, -0.1) is 0 Å². The van der Waals surface area contributed by atoms with Crippen molar-refractivity contribution < 1.29 is 9.84 Å². The minimum Gasteiger partial charge on any atom is -0.392 e. The van der Waals surface area contributed by atoms with E-state index in [0.29, 0.717) is 12.3 Å². The van der Waals surface area contributed by atoms with Crippen LogP contribution in [-0.2, 0) is 23.6 Å². The number of hydrogen-bond donors (Lipinski definition) is 1. The first-order valence-corrected chi connectivity index (χ1v) is 9.78. The lowest BCUT2D eigenvalue weighted by Gasteiger charge is -2.24. The van der Waals surface area contributed by atoms with Crippen molar-refractivity contribution in [2.24, 2.45) is 0 Å². The number of aromatic nitrogens is 4. The second kappa shape index (κ2) is 6.79. The van der Waals surface area contributed by atoms with E-state index in [-0.39, 0.29) is 18.8 Å². The molecular weight excluding hydrogens is 368 g/mol. The molecule has 148 valence electrons. The molecule has 7 heteroatoms. The molecule has 4 heterocycles. The molecule has 1 N–H and O–H groups in total. The molecule has 4 aromatic rings. The Morgan fingerprint density at radius 1 is 1.21 bits per heavy atom. The maximum Gasteiger partial charge on any atom is 0.331 e. The second-order valence-electron chi connectivity index (χ2n) is 7.62. The normalized spacial score (nSPS) is 19.4. The first kappa shape index (κ1) is 18.0. The fourth-order valence-electron chi connectivity index (χ4n) is 4.38. The zero-order valence-electron chi connectivity index (χ0n) is 16.2. The maximum absolute atomic E-state index is 13.5. The van der Waals surface area contributed by atoms with Crippen molar-refractivity contribution in [2.45, 2.75) is 38.6 Å². The number of pyridine rings is 2. The van der Waals surface area contributed by atoms with Gasteiger partial charge < -0.3 is 9.84 Å². The van der Waals surface area contributed by atoms with Crippen LogP contribution >= 0.6 is 0 Å². The van der Waals surface area contributed by atoms with Crippen molar-refractivity contribution >= 4 is 21.8 Å². The van der Waals surface area contributed by atoms with Gasteiger partial charge in [0, 0.05) is 30.0 Å². The summed E-state index contributed by atoms with van der Waals surface area (Å²) in [6, 6.07) is 9.65. The highest BCUT2D eigenvalue weighted by Crippen LogP contribution is 2.32. The van der Waals surface area contributed by atoms with E-state index in [2.05, 4.69) is 9.97 Å². The van der Waals surface area contributed by atoms with Crippen LogP contribution < -0.4 is 5.69 Å². The third-order valence-electron chi connectivity index (χ3n) is 5.86. The Labute approximate surface area is 167 Å². The fraction of sp³-hybridized carbons (Fsp3) is 0.318. The summed E-state index contributed by atoms with van der Waals surface area (Å²) in [5.41, 5.74) is 2.11.